The van der Waals surface area contributed by atoms with Gasteiger partial charge in [-0.1, -0.05) is 23.7 Å². The van der Waals surface area contributed by atoms with Gasteiger partial charge in [0, 0.05) is 48.1 Å². The number of para-hydroxylation sites is 1. The Kier molecular flexibility index (Phi) is 4.72. The van der Waals surface area contributed by atoms with Crippen molar-refractivity contribution in [3.8, 4) is 11.4 Å². The maximum atomic E-state index is 12.6. The molecule has 32 heavy (non-hydrogen) atoms. The van der Waals surface area contributed by atoms with Crippen LogP contribution < -0.4 is 4.90 Å². The summed E-state index contributed by atoms with van der Waals surface area (Å²) in [6.07, 6.45) is 2.99. The average molecular weight is 447 g/mol. The standard InChI is InChI=1S/C24H23ClN6O/c25-18-10-8-16(9-11-18)21-27-28-22-19-4-1-2-5-20(19)26-24(31(21)22)30-13-3-12-29(14-15-30)23(32)17-6-7-17/h1-2,4-5,8-11,17H,3,6-7,12-15H2. The van der Waals surface area contributed by atoms with Crippen molar-refractivity contribution in [3.63, 3.8) is 0 Å². The van der Waals surface area contributed by atoms with E-state index in [0.717, 1.165) is 72.8 Å². The Morgan fingerprint density at radius 2 is 1.75 bits per heavy atom. The summed E-state index contributed by atoms with van der Waals surface area (Å²) in [5.41, 5.74) is 2.60. The van der Waals surface area contributed by atoms with E-state index in [1.807, 2.05) is 57.8 Å². The van der Waals surface area contributed by atoms with Crippen molar-refractivity contribution in [2.45, 2.75) is 19.3 Å². The summed E-state index contributed by atoms with van der Waals surface area (Å²) in [6, 6.07) is 15.7. The van der Waals surface area contributed by atoms with E-state index in [0.29, 0.717) is 17.5 Å². The highest BCUT2D eigenvalue weighted by atomic mass is 35.5. The van der Waals surface area contributed by atoms with Crippen LogP contribution in [0.2, 0.25) is 5.02 Å². The number of halogens is 1. The molecule has 3 heterocycles. The molecule has 162 valence electrons. The molecule has 4 aromatic rings. The van der Waals surface area contributed by atoms with Crippen LogP contribution in [-0.2, 0) is 4.79 Å². The lowest BCUT2D eigenvalue weighted by atomic mass is 10.2. The Balaban J connectivity index is 1.46. The van der Waals surface area contributed by atoms with Crippen molar-refractivity contribution in [1.29, 1.82) is 0 Å². The molecular formula is C24H23ClN6O. The molecule has 2 aromatic heterocycles. The van der Waals surface area contributed by atoms with Gasteiger partial charge in [0.2, 0.25) is 11.9 Å². The maximum absolute atomic E-state index is 12.6. The van der Waals surface area contributed by atoms with E-state index < -0.39 is 0 Å². The number of hydrogen-bond donors (Lipinski definition) is 0. The van der Waals surface area contributed by atoms with Crippen LogP contribution in [0.4, 0.5) is 5.95 Å². The molecule has 0 atom stereocenters. The summed E-state index contributed by atoms with van der Waals surface area (Å²) in [6.45, 7) is 3.07. The molecule has 0 bridgehead atoms. The van der Waals surface area contributed by atoms with Crippen molar-refractivity contribution < 1.29 is 4.79 Å². The topological polar surface area (TPSA) is 66.6 Å². The van der Waals surface area contributed by atoms with E-state index >= 15 is 0 Å². The summed E-state index contributed by atoms with van der Waals surface area (Å²) in [5, 5.41) is 10.7. The van der Waals surface area contributed by atoms with Crippen molar-refractivity contribution in [2.24, 2.45) is 5.92 Å². The minimum absolute atomic E-state index is 0.251. The van der Waals surface area contributed by atoms with Gasteiger partial charge in [0.1, 0.15) is 0 Å². The minimum Gasteiger partial charge on any atom is -0.341 e. The van der Waals surface area contributed by atoms with Gasteiger partial charge < -0.3 is 9.80 Å². The number of rotatable bonds is 3. The van der Waals surface area contributed by atoms with Gasteiger partial charge in [0.05, 0.1) is 5.52 Å². The number of fused-ring (bicyclic) bond motifs is 3. The molecule has 2 fully saturated rings. The molecule has 7 nitrogen and oxygen atoms in total. The van der Waals surface area contributed by atoms with Gasteiger partial charge in [0.15, 0.2) is 11.5 Å². The quantitative estimate of drug-likeness (QED) is 0.475. The van der Waals surface area contributed by atoms with Crippen LogP contribution in [0.15, 0.2) is 48.5 Å². The summed E-state index contributed by atoms with van der Waals surface area (Å²) in [4.78, 5) is 22.0. The molecule has 0 N–H and O–H groups in total. The van der Waals surface area contributed by atoms with E-state index in [1.54, 1.807) is 0 Å². The first kappa shape index (κ1) is 19.5. The highest BCUT2D eigenvalue weighted by Crippen LogP contribution is 2.32. The molecule has 0 unspecified atom stereocenters. The van der Waals surface area contributed by atoms with Crippen LogP contribution in [-0.4, -0.2) is 56.6 Å². The van der Waals surface area contributed by atoms with Crippen LogP contribution >= 0.6 is 11.6 Å². The molecule has 1 saturated heterocycles. The molecule has 1 amide bonds. The Morgan fingerprint density at radius 1 is 0.938 bits per heavy atom. The van der Waals surface area contributed by atoms with Crippen molar-refractivity contribution in [3.05, 3.63) is 53.6 Å². The summed E-state index contributed by atoms with van der Waals surface area (Å²) >= 11 is 6.11. The predicted octanol–water partition coefficient (Wildman–Crippen LogP) is 4.05. The van der Waals surface area contributed by atoms with Crippen LogP contribution in [0, 0.1) is 5.92 Å². The third kappa shape index (κ3) is 3.37. The number of hydrogen-bond acceptors (Lipinski definition) is 5. The Labute approximate surface area is 190 Å². The summed E-state index contributed by atoms with van der Waals surface area (Å²) in [7, 11) is 0. The first-order chi connectivity index (χ1) is 15.7. The molecule has 1 saturated carbocycles. The average Bonchev–Trinajstić information content (AvgIpc) is 3.61. The fourth-order valence-electron chi connectivity index (χ4n) is 4.49. The second-order valence-electron chi connectivity index (χ2n) is 8.56. The van der Waals surface area contributed by atoms with E-state index in [1.165, 1.54) is 0 Å². The minimum atomic E-state index is 0.251. The second kappa shape index (κ2) is 7.74. The third-order valence-electron chi connectivity index (χ3n) is 6.35. The molecule has 0 spiro atoms. The number of amides is 1. The molecule has 6 rings (SSSR count). The largest absolute Gasteiger partial charge is 0.341 e. The van der Waals surface area contributed by atoms with Gasteiger partial charge in [-0.3, -0.25) is 4.79 Å². The fraction of sp³-hybridized carbons (Fsp3) is 0.333. The van der Waals surface area contributed by atoms with Crippen molar-refractivity contribution in [2.75, 3.05) is 31.1 Å². The molecule has 8 heteroatoms. The zero-order chi connectivity index (χ0) is 21.7. The fourth-order valence-corrected chi connectivity index (χ4v) is 4.62. The van der Waals surface area contributed by atoms with Gasteiger partial charge in [-0.25, -0.2) is 9.38 Å². The number of carbonyl (C=O) groups excluding carboxylic acids is 1. The summed E-state index contributed by atoms with van der Waals surface area (Å²) < 4.78 is 2.05. The highest BCUT2D eigenvalue weighted by Gasteiger charge is 2.34. The van der Waals surface area contributed by atoms with E-state index in [9.17, 15) is 4.79 Å². The molecule has 1 aliphatic heterocycles. The SMILES string of the molecule is O=C(C1CC1)N1CCCN(c2nc3ccccc3c3nnc(-c4ccc(Cl)cc4)n23)CC1. The van der Waals surface area contributed by atoms with Crippen molar-refractivity contribution >= 4 is 40.0 Å². The Bertz CT molecular complexity index is 1310. The number of carbonyl (C=O) groups is 1. The van der Waals surface area contributed by atoms with Gasteiger partial charge in [-0.05, 0) is 55.7 Å². The van der Waals surface area contributed by atoms with Crippen LogP contribution in [0.5, 0.6) is 0 Å². The number of aromatic nitrogens is 4. The number of nitrogens with zero attached hydrogens (tertiary/aromatic N) is 6. The molecule has 2 aliphatic rings. The zero-order valence-corrected chi connectivity index (χ0v) is 18.4. The maximum Gasteiger partial charge on any atom is 0.225 e. The lowest BCUT2D eigenvalue weighted by Crippen LogP contribution is -2.36. The number of anilines is 1. The predicted molar refractivity (Wildman–Crippen MR) is 125 cm³/mol. The first-order valence-electron chi connectivity index (χ1n) is 11.1. The van der Waals surface area contributed by atoms with Gasteiger partial charge >= 0.3 is 0 Å². The molecule has 0 radical (unpaired) electrons. The smallest absolute Gasteiger partial charge is 0.225 e. The van der Waals surface area contributed by atoms with Crippen LogP contribution in [0.3, 0.4) is 0 Å². The van der Waals surface area contributed by atoms with Crippen molar-refractivity contribution in [1.82, 2.24) is 24.5 Å². The second-order valence-corrected chi connectivity index (χ2v) is 9.00. The monoisotopic (exact) mass is 446 g/mol. The normalized spacial score (nSPS) is 17.2. The zero-order valence-electron chi connectivity index (χ0n) is 17.6. The summed E-state index contributed by atoms with van der Waals surface area (Å²) in [5.74, 6) is 2.12. The van der Waals surface area contributed by atoms with E-state index in [2.05, 4.69) is 15.1 Å². The highest BCUT2D eigenvalue weighted by molar-refractivity contribution is 6.30. The molecule has 1 aliphatic carbocycles. The Morgan fingerprint density at radius 3 is 2.56 bits per heavy atom. The lowest BCUT2D eigenvalue weighted by Gasteiger charge is -2.24. The van der Waals surface area contributed by atoms with Crippen LogP contribution in [0.1, 0.15) is 19.3 Å². The van der Waals surface area contributed by atoms with Crippen LogP contribution in [0.25, 0.3) is 27.9 Å². The third-order valence-corrected chi connectivity index (χ3v) is 6.60. The van der Waals surface area contributed by atoms with Gasteiger partial charge in [-0.2, -0.15) is 0 Å². The van der Waals surface area contributed by atoms with Gasteiger partial charge in [-0.15, -0.1) is 10.2 Å². The first-order valence-corrected chi connectivity index (χ1v) is 11.5. The van der Waals surface area contributed by atoms with E-state index in [-0.39, 0.29) is 5.92 Å². The van der Waals surface area contributed by atoms with E-state index in [4.69, 9.17) is 16.6 Å². The lowest BCUT2D eigenvalue weighted by molar-refractivity contribution is -0.132. The van der Waals surface area contributed by atoms with Gasteiger partial charge in [0.25, 0.3) is 0 Å². The molecular weight excluding hydrogens is 424 g/mol. The number of benzene rings is 2. The molecule has 2 aromatic carbocycles. The Hall–Kier alpha value is -3.19.